The van der Waals surface area contributed by atoms with E-state index >= 15 is 0 Å². The van der Waals surface area contributed by atoms with Crippen molar-refractivity contribution in [1.29, 1.82) is 5.26 Å². The molecule has 10 nitrogen and oxygen atoms in total. The first-order valence-electron chi connectivity index (χ1n) is 3.00. The summed E-state index contributed by atoms with van der Waals surface area (Å²) >= 11 is 0. The molecule has 0 bridgehead atoms. The van der Waals surface area contributed by atoms with Crippen LogP contribution in [0.1, 0.15) is 0 Å². The van der Waals surface area contributed by atoms with Gasteiger partial charge >= 0.3 is 25.3 Å². The van der Waals surface area contributed by atoms with Crippen molar-refractivity contribution in [2.45, 2.75) is 0 Å². The van der Waals surface area contributed by atoms with E-state index in [1.54, 1.807) is 0 Å². The summed E-state index contributed by atoms with van der Waals surface area (Å²) in [5.41, 5.74) is 0. The third-order valence-electron chi connectivity index (χ3n) is 0.115. The summed E-state index contributed by atoms with van der Waals surface area (Å²) < 4.78 is 44.5. The maximum absolute atomic E-state index is 9.33. The molecule has 0 saturated heterocycles. The Hall–Kier alpha value is -0.300. The largest absolute Gasteiger partial charge is 0.360 e. The molecule has 16 heavy (non-hydrogen) atoms. The fraction of sp³-hybridized carbons (Fsp3) is 0.667. The highest BCUT2D eigenvalue weighted by Crippen LogP contribution is 2.27. The van der Waals surface area contributed by atoms with E-state index in [-0.39, 0.29) is 0 Å². The molecule has 0 heterocycles. The van der Waals surface area contributed by atoms with Crippen molar-refractivity contribution in [3.05, 3.63) is 0 Å². The van der Waals surface area contributed by atoms with E-state index in [2.05, 4.69) is 0 Å². The highest BCUT2D eigenvalue weighted by atomic mass is 32.2. The van der Waals surface area contributed by atoms with Gasteiger partial charge in [-0.3, -0.25) is 13.7 Å². The van der Waals surface area contributed by atoms with Gasteiger partial charge in [0.25, 0.3) is 0 Å². The van der Waals surface area contributed by atoms with Crippen molar-refractivity contribution in [1.82, 2.24) is 0 Å². The Labute approximate surface area is 91.6 Å². The van der Waals surface area contributed by atoms with E-state index in [0.717, 1.165) is 13.3 Å². The average Bonchev–Trinajstić information content (AvgIpc) is 1.77. The van der Waals surface area contributed by atoms with E-state index in [0.29, 0.717) is 5.40 Å². The molecule has 0 aromatic heterocycles. The van der Waals surface area contributed by atoms with Crippen LogP contribution in [0.3, 0.4) is 0 Å². The number of thiocyanates is 1. The van der Waals surface area contributed by atoms with Gasteiger partial charge in [-0.2, -0.15) is 13.7 Å². The van der Waals surface area contributed by atoms with Gasteiger partial charge in [-0.25, -0.2) is 0 Å². The maximum atomic E-state index is 9.33. The number of rotatable bonds is 0. The molecule has 5 N–H and O–H groups in total. The monoisotopic (exact) mass is 299 g/mol. The lowest BCUT2D eigenvalue weighted by Gasteiger charge is -1.84. The van der Waals surface area contributed by atoms with Gasteiger partial charge in [-0.15, -0.1) is 0 Å². The average molecular weight is 299 g/mol. The van der Waals surface area contributed by atoms with Crippen molar-refractivity contribution in [3.63, 3.8) is 0 Å². The highest BCUT2D eigenvalue weighted by molar-refractivity contribution is 7.90. The summed E-state index contributed by atoms with van der Waals surface area (Å²) in [6.07, 6.45) is 0. The van der Waals surface area contributed by atoms with Crippen LogP contribution in [0.4, 0.5) is 0 Å². The first-order chi connectivity index (χ1) is 6.56. The molecule has 0 aromatic rings. The predicted octanol–water partition coefficient (Wildman–Crippen LogP) is -1.06. The number of hydrogen-bond donors (Lipinski definition) is 5. The normalized spacial score (nSPS) is 11.1. The van der Waals surface area contributed by atoms with E-state index < -0.39 is 25.3 Å². The zero-order valence-electron chi connectivity index (χ0n) is 8.12. The molecule has 98 valence electrons. The molecule has 0 aliphatic rings. The Balaban J connectivity index is -0.000000160. The Morgan fingerprint density at radius 1 is 1.00 bits per heavy atom. The summed E-state index contributed by atoms with van der Waals surface area (Å²) in [7, 11) is -11.6. The van der Waals surface area contributed by atoms with Gasteiger partial charge in [0.15, 0.2) is 0 Å². The first kappa shape index (κ1) is 21.0. The van der Waals surface area contributed by atoms with Gasteiger partial charge < -0.3 is 19.6 Å². The minimum atomic E-state index is -4.36. The molecular formula is C3H11NO9P2S. The van der Waals surface area contributed by atoms with Crippen LogP contribution in [-0.4, -0.2) is 45.9 Å². The lowest BCUT2D eigenvalue weighted by molar-refractivity contribution is 0.379. The van der Waals surface area contributed by atoms with Gasteiger partial charge in [0.2, 0.25) is 5.40 Å². The molecule has 0 fully saturated rings. The molecule has 0 radical (unpaired) electrons. The van der Waals surface area contributed by atoms with Crippen molar-refractivity contribution in [2.75, 3.05) is 13.3 Å². The molecule has 0 unspecified atom stereocenters. The van der Waals surface area contributed by atoms with Crippen molar-refractivity contribution in [3.8, 4) is 5.40 Å². The zero-order chi connectivity index (χ0) is 14.2. The van der Waals surface area contributed by atoms with Crippen molar-refractivity contribution in [2.24, 2.45) is 0 Å². The Kier molecular flexibility index (Phi) is 10.4. The third kappa shape index (κ3) is 303. The molecule has 0 atom stereocenters. The fourth-order valence-electron chi connectivity index (χ4n) is 0. The summed E-state index contributed by atoms with van der Waals surface area (Å²) in [5.74, 6) is 0. The van der Waals surface area contributed by atoms with Gasteiger partial charge in [0, 0.05) is 13.3 Å². The molecule has 0 aromatic carbocycles. The molecule has 13 heteroatoms. The SMILES string of the molecule is CP(=O)(O)O.CP(=O)(O)O.N#CS(=O)(=O)O. The second-order valence-corrected chi connectivity index (χ2v) is 6.71. The summed E-state index contributed by atoms with van der Waals surface area (Å²) in [4.78, 5) is 30.5. The molecule has 0 saturated carbocycles. The summed E-state index contributed by atoms with van der Waals surface area (Å²) in [5, 5.41) is 7.95. The lowest BCUT2D eigenvalue weighted by atomic mass is 11.8. The lowest BCUT2D eigenvalue weighted by Crippen LogP contribution is -1.87. The van der Waals surface area contributed by atoms with E-state index in [4.69, 9.17) is 29.4 Å². The predicted molar refractivity (Wildman–Crippen MR) is 53.1 cm³/mol. The molecule has 0 aliphatic carbocycles. The Morgan fingerprint density at radius 2 is 1.06 bits per heavy atom. The van der Waals surface area contributed by atoms with Crippen LogP contribution < -0.4 is 0 Å². The molecule has 0 spiro atoms. The van der Waals surface area contributed by atoms with Crippen LogP contribution in [0.15, 0.2) is 0 Å². The second kappa shape index (κ2) is 7.89. The zero-order valence-corrected chi connectivity index (χ0v) is 10.7. The van der Waals surface area contributed by atoms with Crippen LogP contribution in [-0.2, 0) is 19.2 Å². The molecular weight excluding hydrogens is 288 g/mol. The van der Waals surface area contributed by atoms with Crippen LogP contribution in [0.25, 0.3) is 0 Å². The van der Waals surface area contributed by atoms with Gasteiger partial charge in [0.1, 0.15) is 0 Å². The molecule has 0 amide bonds. The van der Waals surface area contributed by atoms with Crippen molar-refractivity contribution < 1.29 is 41.7 Å². The number of hydrogen-bond acceptors (Lipinski definition) is 5. The Bertz CT molecular complexity index is 372. The van der Waals surface area contributed by atoms with Gasteiger partial charge in [-0.05, 0) is 0 Å². The summed E-state index contributed by atoms with van der Waals surface area (Å²) in [6.45, 7) is 1.71. The van der Waals surface area contributed by atoms with Crippen LogP contribution in [0, 0.1) is 10.7 Å². The van der Waals surface area contributed by atoms with Crippen LogP contribution in [0.2, 0.25) is 0 Å². The van der Waals surface area contributed by atoms with Gasteiger partial charge in [0.05, 0.1) is 0 Å². The van der Waals surface area contributed by atoms with Gasteiger partial charge in [-0.1, -0.05) is 0 Å². The van der Waals surface area contributed by atoms with Crippen LogP contribution in [0.5, 0.6) is 0 Å². The number of nitriles is 1. The second-order valence-electron chi connectivity index (χ2n) is 2.24. The molecule has 0 rings (SSSR count). The first-order valence-corrected chi connectivity index (χ1v) is 8.56. The molecule has 0 aliphatic heterocycles. The Morgan fingerprint density at radius 3 is 1.06 bits per heavy atom. The smallest absolute Gasteiger partial charge is 0.325 e. The standard InChI is InChI=1S/CHNO3S.2CH5O3P/c2-1-6(3,4)5;2*1-5(2,3)4/h(H,3,4,5);2*1H3,(H2,2,3,4). The topological polar surface area (TPSA) is 193 Å². The minimum Gasteiger partial charge on any atom is -0.325 e. The summed E-state index contributed by atoms with van der Waals surface area (Å²) in [6, 6.07) is 0. The maximum Gasteiger partial charge on any atom is 0.360 e. The minimum absolute atomic E-state index is 0.632. The fourth-order valence-corrected chi connectivity index (χ4v) is 0. The quantitative estimate of drug-likeness (QED) is 0.159. The van der Waals surface area contributed by atoms with Crippen LogP contribution >= 0.6 is 15.2 Å². The van der Waals surface area contributed by atoms with E-state index in [1.165, 1.54) is 0 Å². The third-order valence-corrected chi connectivity index (χ3v) is 0.346. The van der Waals surface area contributed by atoms with E-state index in [1.807, 2.05) is 0 Å². The van der Waals surface area contributed by atoms with E-state index in [9.17, 15) is 17.5 Å². The number of nitrogens with zero attached hydrogens (tertiary/aromatic N) is 1. The van der Waals surface area contributed by atoms with Crippen molar-refractivity contribution >= 4 is 25.3 Å². The highest BCUT2D eigenvalue weighted by Gasteiger charge is 1.96.